The number of nitrogens with two attached hydrogens (primary N) is 2. The maximum Gasteiger partial charge on any atom is 0.333 e. The Kier molecular flexibility index (Phi) is 6.64. The number of rotatable bonds is 5. The van der Waals surface area contributed by atoms with Crippen LogP contribution < -0.4 is 16.8 Å². The fourth-order valence-electron chi connectivity index (χ4n) is 3.05. The van der Waals surface area contributed by atoms with Crippen molar-refractivity contribution in [3.63, 3.8) is 0 Å². The lowest BCUT2D eigenvalue weighted by atomic mass is 10.0. The molecule has 2 aromatic carbocycles. The standard InChI is InChI=1S/C23H24ClN5O3/c1-23(2,3)32-21(31)18(13-7-5-4-6-8-13)28-20(30)14-9-10-15-16(11-14)19(29-22(25)26)27-12-17(15)24/h4-12,18H,1-3H3,(H,28,30)(H4,25,26,27,29). The number of pyridine rings is 1. The molecule has 5 N–H and O–H groups in total. The summed E-state index contributed by atoms with van der Waals surface area (Å²) in [6, 6.07) is 12.7. The fraction of sp³-hybridized carbons (Fsp3) is 0.217. The Balaban J connectivity index is 1.99. The van der Waals surface area contributed by atoms with E-state index >= 15 is 0 Å². The normalized spacial score (nSPS) is 12.1. The number of aliphatic imine (C=N–C) groups is 1. The number of hydrogen-bond acceptors (Lipinski definition) is 5. The van der Waals surface area contributed by atoms with E-state index in [2.05, 4.69) is 15.3 Å². The molecule has 1 amide bonds. The first-order valence-electron chi connectivity index (χ1n) is 9.82. The summed E-state index contributed by atoms with van der Waals surface area (Å²) in [6.07, 6.45) is 1.43. The molecule has 0 aliphatic carbocycles. The molecule has 166 valence electrons. The van der Waals surface area contributed by atoms with Gasteiger partial charge in [0.1, 0.15) is 5.60 Å². The van der Waals surface area contributed by atoms with Crippen molar-refractivity contribution in [2.24, 2.45) is 16.5 Å². The maximum atomic E-state index is 13.1. The molecule has 0 fully saturated rings. The summed E-state index contributed by atoms with van der Waals surface area (Å²) < 4.78 is 5.51. The molecule has 0 aliphatic heterocycles. The van der Waals surface area contributed by atoms with Gasteiger partial charge in [0.15, 0.2) is 17.8 Å². The third kappa shape index (κ3) is 5.53. The highest BCUT2D eigenvalue weighted by Gasteiger charge is 2.28. The van der Waals surface area contributed by atoms with Crippen molar-refractivity contribution in [1.82, 2.24) is 10.3 Å². The minimum atomic E-state index is -0.992. The minimum Gasteiger partial charge on any atom is -0.458 e. The van der Waals surface area contributed by atoms with E-state index in [0.29, 0.717) is 21.4 Å². The van der Waals surface area contributed by atoms with Crippen molar-refractivity contribution < 1.29 is 14.3 Å². The average molecular weight is 454 g/mol. The molecule has 1 aromatic heterocycles. The van der Waals surface area contributed by atoms with Crippen LogP contribution in [-0.4, -0.2) is 28.4 Å². The van der Waals surface area contributed by atoms with Gasteiger partial charge in [-0.05, 0) is 38.5 Å². The van der Waals surface area contributed by atoms with Crippen LogP contribution in [0.2, 0.25) is 5.02 Å². The number of guanidine groups is 1. The van der Waals surface area contributed by atoms with Gasteiger partial charge in [0.2, 0.25) is 0 Å². The summed E-state index contributed by atoms with van der Waals surface area (Å²) in [7, 11) is 0. The molecule has 3 aromatic rings. The van der Waals surface area contributed by atoms with Crippen LogP contribution in [0.25, 0.3) is 10.8 Å². The molecule has 1 unspecified atom stereocenters. The van der Waals surface area contributed by atoms with Gasteiger partial charge in [-0.15, -0.1) is 0 Å². The molecule has 0 saturated heterocycles. The quantitative estimate of drug-likeness (QED) is 0.307. The second-order valence-corrected chi connectivity index (χ2v) is 8.48. The predicted molar refractivity (Wildman–Crippen MR) is 125 cm³/mol. The highest BCUT2D eigenvalue weighted by molar-refractivity contribution is 6.35. The van der Waals surface area contributed by atoms with Crippen LogP contribution in [0.5, 0.6) is 0 Å². The van der Waals surface area contributed by atoms with Crippen LogP contribution in [-0.2, 0) is 9.53 Å². The van der Waals surface area contributed by atoms with E-state index < -0.39 is 23.5 Å². The highest BCUT2D eigenvalue weighted by Crippen LogP contribution is 2.30. The van der Waals surface area contributed by atoms with Crippen molar-refractivity contribution in [1.29, 1.82) is 0 Å². The first-order chi connectivity index (χ1) is 15.0. The zero-order valence-electron chi connectivity index (χ0n) is 17.9. The molecule has 1 heterocycles. The van der Waals surface area contributed by atoms with Crippen LogP contribution in [0.4, 0.5) is 5.82 Å². The van der Waals surface area contributed by atoms with Gasteiger partial charge in [0.25, 0.3) is 5.91 Å². The summed E-state index contributed by atoms with van der Waals surface area (Å²) in [6.45, 7) is 5.29. The van der Waals surface area contributed by atoms with E-state index in [1.54, 1.807) is 63.2 Å². The van der Waals surface area contributed by atoms with Crippen LogP contribution in [0.1, 0.15) is 42.7 Å². The Hall–Kier alpha value is -3.65. The first-order valence-corrected chi connectivity index (χ1v) is 10.2. The van der Waals surface area contributed by atoms with Crippen molar-refractivity contribution >= 4 is 46.0 Å². The topological polar surface area (TPSA) is 133 Å². The number of fused-ring (bicyclic) bond motifs is 1. The molecule has 32 heavy (non-hydrogen) atoms. The minimum absolute atomic E-state index is 0.176. The number of benzene rings is 2. The molecule has 8 nitrogen and oxygen atoms in total. The summed E-state index contributed by atoms with van der Waals surface area (Å²) in [5.74, 6) is -0.998. The summed E-state index contributed by atoms with van der Waals surface area (Å²) in [4.78, 5) is 34.1. The predicted octanol–water partition coefficient (Wildman–Crippen LogP) is 3.61. The van der Waals surface area contributed by atoms with Crippen molar-refractivity contribution in [3.8, 4) is 0 Å². The van der Waals surface area contributed by atoms with E-state index in [4.69, 9.17) is 27.8 Å². The summed E-state index contributed by atoms with van der Waals surface area (Å²) >= 11 is 6.23. The lowest BCUT2D eigenvalue weighted by Crippen LogP contribution is -2.38. The van der Waals surface area contributed by atoms with Crippen molar-refractivity contribution in [2.75, 3.05) is 0 Å². The zero-order valence-corrected chi connectivity index (χ0v) is 18.7. The molecular formula is C23H24ClN5O3. The van der Waals surface area contributed by atoms with Gasteiger partial charge in [0, 0.05) is 22.5 Å². The fourth-order valence-corrected chi connectivity index (χ4v) is 3.26. The number of carbonyl (C=O) groups is 2. The third-order valence-corrected chi connectivity index (χ3v) is 4.67. The zero-order chi connectivity index (χ0) is 23.5. The van der Waals surface area contributed by atoms with E-state index in [0.717, 1.165) is 0 Å². The third-order valence-electron chi connectivity index (χ3n) is 4.37. The molecule has 9 heteroatoms. The molecule has 0 aliphatic rings. The monoisotopic (exact) mass is 453 g/mol. The number of aromatic nitrogens is 1. The van der Waals surface area contributed by atoms with Gasteiger partial charge in [-0.3, -0.25) is 4.79 Å². The largest absolute Gasteiger partial charge is 0.458 e. The molecule has 0 radical (unpaired) electrons. The highest BCUT2D eigenvalue weighted by atomic mass is 35.5. The van der Waals surface area contributed by atoms with E-state index in [-0.39, 0.29) is 17.3 Å². The van der Waals surface area contributed by atoms with Gasteiger partial charge in [-0.2, -0.15) is 4.99 Å². The van der Waals surface area contributed by atoms with E-state index in [1.165, 1.54) is 6.20 Å². The number of nitrogens with zero attached hydrogens (tertiary/aromatic N) is 2. The SMILES string of the molecule is CC(C)(C)OC(=O)C(NC(=O)c1ccc2c(Cl)cnc(N=C(N)N)c2c1)c1ccccc1. The summed E-state index contributed by atoms with van der Waals surface area (Å²) in [5.41, 5.74) is 11.1. The second kappa shape index (κ2) is 9.23. The number of amides is 1. The van der Waals surface area contributed by atoms with Gasteiger partial charge < -0.3 is 21.5 Å². The van der Waals surface area contributed by atoms with Gasteiger partial charge in [0.05, 0.1) is 5.02 Å². The number of carbonyl (C=O) groups excluding carboxylic acids is 2. The lowest BCUT2D eigenvalue weighted by Gasteiger charge is -2.25. The number of nitrogens with one attached hydrogen (secondary N) is 1. The van der Waals surface area contributed by atoms with Crippen LogP contribution in [0.3, 0.4) is 0 Å². The number of esters is 1. The molecule has 3 rings (SSSR count). The Morgan fingerprint density at radius 2 is 1.78 bits per heavy atom. The smallest absolute Gasteiger partial charge is 0.333 e. The second-order valence-electron chi connectivity index (χ2n) is 8.08. The van der Waals surface area contributed by atoms with E-state index in [9.17, 15) is 9.59 Å². The molecule has 0 bridgehead atoms. The Labute approximate surface area is 190 Å². The number of ether oxygens (including phenoxy) is 1. The molecule has 0 spiro atoms. The number of hydrogen-bond donors (Lipinski definition) is 3. The maximum absolute atomic E-state index is 13.1. The Morgan fingerprint density at radius 3 is 2.41 bits per heavy atom. The van der Waals surface area contributed by atoms with Crippen molar-refractivity contribution in [2.45, 2.75) is 32.4 Å². The van der Waals surface area contributed by atoms with Gasteiger partial charge >= 0.3 is 5.97 Å². The van der Waals surface area contributed by atoms with Crippen LogP contribution in [0, 0.1) is 0 Å². The molecular weight excluding hydrogens is 430 g/mol. The van der Waals surface area contributed by atoms with Gasteiger partial charge in [-0.1, -0.05) is 48.0 Å². The van der Waals surface area contributed by atoms with Crippen LogP contribution >= 0.6 is 11.6 Å². The first kappa shape index (κ1) is 23.0. The average Bonchev–Trinajstić information content (AvgIpc) is 2.72. The van der Waals surface area contributed by atoms with E-state index in [1.807, 2.05) is 6.07 Å². The summed E-state index contributed by atoms with van der Waals surface area (Å²) in [5, 5.41) is 4.27. The lowest BCUT2D eigenvalue weighted by molar-refractivity contribution is -0.157. The molecule has 0 saturated carbocycles. The van der Waals surface area contributed by atoms with Crippen LogP contribution in [0.15, 0.2) is 59.7 Å². The number of halogens is 1. The Bertz CT molecular complexity index is 1190. The molecule has 1 atom stereocenters. The van der Waals surface area contributed by atoms with Crippen molar-refractivity contribution in [3.05, 3.63) is 70.9 Å². The Morgan fingerprint density at radius 1 is 1.09 bits per heavy atom. The van der Waals surface area contributed by atoms with Gasteiger partial charge in [-0.25, -0.2) is 9.78 Å².